The zero-order valence-electron chi connectivity index (χ0n) is 21.8. The second-order valence-corrected chi connectivity index (χ2v) is 9.28. The molecule has 36 heavy (non-hydrogen) atoms. The number of allylic oxidation sites excluding steroid dienone is 17. The van der Waals surface area contributed by atoms with Gasteiger partial charge in [0.1, 0.15) is 0 Å². The Morgan fingerprint density at radius 1 is 0.722 bits per heavy atom. The van der Waals surface area contributed by atoms with Gasteiger partial charge in [-0.15, -0.1) is 0 Å². The van der Waals surface area contributed by atoms with E-state index in [9.17, 15) is 0 Å². The maximum Gasteiger partial charge on any atom is 0.192 e. The Labute approximate surface area is 219 Å². The molecule has 1 aromatic rings. The molecule has 3 radical (unpaired) electrons. The molecule has 0 saturated carbocycles. The summed E-state index contributed by atoms with van der Waals surface area (Å²) < 4.78 is 0. The third-order valence-electron chi connectivity index (χ3n) is 7.11. The van der Waals surface area contributed by atoms with Gasteiger partial charge in [-0.1, -0.05) is 118 Å². The lowest BCUT2D eigenvalue weighted by Gasteiger charge is -2.11. The lowest BCUT2D eigenvalue weighted by atomic mass is 9.53. The molecule has 3 heterocycles. The highest BCUT2D eigenvalue weighted by atomic mass is 14.9. The average Bonchev–Trinajstić information content (AvgIpc) is 3.48. The molecule has 0 bridgehead atoms. The standard InChI is InChI=1S/C32H31B3N/c1-9-23(36-19(5)17-29-24(10-2)20(6)27(12-4)33-29)18-30-25(11-3)21(7)31(35-30)32-22(8)26-15-13-14-16-28(26)34-32/h9-18,36H,1-4H2,5-8H3/b19-17+,23-18+. The van der Waals surface area contributed by atoms with Crippen LogP contribution < -0.4 is 10.8 Å². The Balaban J connectivity index is 1.58. The van der Waals surface area contributed by atoms with Crippen molar-refractivity contribution in [1.82, 2.24) is 5.32 Å². The van der Waals surface area contributed by atoms with Crippen molar-refractivity contribution < 1.29 is 0 Å². The van der Waals surface area contributed by atoms with Crippen molar-refractivity contribution in [2.75, 3.05) is 0 Å². The van der Waals surface area contributed by atoms with Gasteiger partial charge < -0.3 is 5.32 Å². The minimum Gasteiger partial charge on any atom is -0.359 e. The molecule has 0 saturated heterocycles. The van der Waals surface area contributed by atoms with E-state index >= 15 is 0 Å². The molecule has 1 nitrogen and oxygen atoms in total. The minimum absolute atomic E-state index is 0.931. The topological polar surface area (TPSA) is 12.0 Å². The first-order valence-corrected chi connectivity index (χ1v) is 12.3. The lowest BCUT2D eigenvalue weighted by Crippen LogP contribution is -2.15. The maximum absolute atomic E-state index is 4.11. The predicted molar refractivity (Wildman–Crippen MR) is 161 cm³/mol. The molecule has 0 atom stereocenters. The van der Waals surface area contributed by atoms with Crippen LogP contribution in [-0.4, -0.2) is 21.8 Å². The number of rotatable bonds is 9. The van der Waals surface area contributed by atoms with Gasteiger partial charge in [0, 0.05) is 11.4 Å². The fourth-order valence-electron chi connectivity index (χ4n) is 5.16. The molecule has 4 rings (SSSR count). The Bertz CT molecular complexity index is 1420. The molecular formula is C32H31B3N. The van der Waals surface area contributed by atoms with Crippen LogP contribution in [0.3, 0.4) is 0 Å². The van der Waals surface area contributed by atoms with Crippen molar-refractivity contribution in [2.45, 2.75) is 27.7 Å². The van der Waals surface area contributed by atoms with Crippen LogP contribution in [0.25, 0.3) is 5.57 Å². The van der Waals surface area contributed by atoms with Gasteiger partial charge in [0.2, 0.25) is 0 Å². The first kappa shape index (κ1) is 25.4. The second-order valence-electron chi connectivity index (χ2n) is 9.28. The summed E-state index contributed by atoms with van der Waals surface area (Å²) in [6.45, 7) is 24.6. The van der Waals surface area contributed by atoms with E-state index < -0.39 is 0 Å². The molecular weight excluding hydrogens is 431 g/mol. The highest BCUT2D eigenvalue weighted by molar-refractivity contribution is 6.73. The number of fused-ring (bicyclic) bond motifs is 1. The molecule has 0 fully saturated rings. The van der Waals surface area contributed by atoms with Gasteiger partial charge >= 0.3 is 0 Å². The maximum atomic E-state index is 4.11. The van der Waals surface area contributed by atoms with Crippen molar-refractivity contribution in [3.8, 4) is 0 Å². The van der Waals surface area contributed by atoms with Crippen LogP contribution >= 0.6 is 0 Å². The molecule has 3 aliphatic heterocycles. The van der Waals surface area contributed by atoms with Crippen LogP contribution in [0.15, 0.2) is 148 Å². The van der Waals surface area contributed by atoms with Crippen molar-refractivity contribution in [3.63, 3.8) is 0 Å². The van der Waals surface area contributed by atoms with E-state index in [0.29, 0.717) is 0 Å². The molecule has 1 N–H and O–H groups in total. The molecule has 0 aliphatic carbocycles. The summed E-state index contributed by atoms with van der Waals surface area (Å²) in [4.78, 5) is 0. The van der Waals surface area contributed by atoms with Crippen molar-refractivity contribution >= 4 is 32.9 Å². The normalized spacial score (nSPS) is 17.8. The summed E-state index contributed by atoms with van der Waals surface area (Å²) in [7, 11) is 6.71. The first-order valence-electron chi connectivity index (χ1n) is 12.3. The largest absolute Gasteiger partial charge is 0.359 e. The molecule has 0 unspecified atom stereocenters. The van der Waals surface area contributed by atoms with E-state index in [2.05, 4.69) is 118 Å². The highest BCUT2D eigenvalue weighted by Gasteiger charge is 2.28. The second kappa shape index (κ2) is 10.5. The van der Waals surface area contributed by atoms with Crippen molar-refractivity contribution in [2.24, 2.45) is 0 Å². The van der Waals surface area contributed by atoms with Crippen LogP contribution in [0.1, 0.15) is 33.3 Å². The minimum atomic E-state index is 0.931. The zero-order chi connectivity index (χ0) is 26.0. The molecule has 173 valence electrons. The van der Waals surface area contributed by atoms with E-state index in [1.54, 1.807) is 0 Å². The predicted octanol–water partition coefficient (Wildman–Crippen LogP) is 6.37. The van der Waals surface area contributed by atoms with Crippen LogP contribution in [0.5, 0.6) is 0 Å². The molecule has 0 spiro atoms. The third-order valence-corrected chi connectivity index (χ3v) is 7.11. The van der Waals surface area contributed by atoms with Gasteiger partial charge in [-0.2, -0.15) is 0 Å². The lowest BCUT2D eigenvalue weighted by molar-refractivity contribution is 1.00. The fourth-order valence-corrected chi connectivity index (χ4v) is 5.16. The van der Waals surface area contributed by atoms with Gasteiger partial charge in [0.15, 0.2) is 21.8 Å². The molecule has 1 aromatic carbocycles. The Morgan fingerprint density at radius 2 is 1.36 bits per heavy atom. The van der Waals surface area contributed by atoms with Crippen LogP contribution in [0, 0.1) is 0 Å². The molecule has 0 amide bonds. The average molecular weight is 462 g/mol. The van der Waals surface area contributed by atoms with Gasteiger partial charge in [-0.3, -0.25) is 0 Å². The Hall–Kier alpha value is -3.65. The fraction of sp³-hybridized carbons (Fsp3) is 0.125. The van der Waals surface area contributed by atoms with Crippen LogP contribution in [0.2, 0.25) is 0 Å². The summed E-state index contributed by atoms with van der Waals surface area (Å²) in [6.07, 6.45) is 11.9. The van der Waals surface area contributed by atoms with Crippen molar-refractivity contribution in [1.29, 1.82) is 0 Å². The van der Waals surface area contributed by atoms with Gasteiger partial charge in [0.05, 0.1) is 0 Å². The molecule has 0 aromatic heterocycles. The van der Waals surface area contributed by atoms with Gasteiger partial charge in [0.25, 0.3) is 0 Å². The van der Waals surface area contributed by atoms with Gasteiger partial charge in [-0.05, 0) is 62.6 Å². The van der Waals surface area contributed by atoms with E-state index in [1.165, 1.54) is 38.7 Å². The summed E-state index contributed by atoms with van der Waals surface area (Å²) in [5.74, 6) is 0. The number of nitrogens with one attached hydrogen (secondary N) is 1. The van der Waals surface area contributed by atoms with Crippen LogP contribution in [0.4, 0.5) is 0 Å². The van der Waals surface area contributed by atoms with Gasteiger partial charge in [-0.25, -0.2) is 0 Å². The van der Waals surface area contributed by atoms with Crippen LogP contribution in [-0.2, 0) is 0 Å². The van der Waals surface area contributed by atoms with E-state index in [-0.39, 0.29) is 0 Å². The van der Waals surface area contributed by atoms with Crippen molar-refractivity contribution in [3.05, 3.63) is 154 Å². The monoisotopic (exact) mass is 462 g/mol. The summed E-state index contributed by atoms with van der Waals surface area (Å²) in [6, 6.07) is 8.57. The van der Waals surface area contributed by atoms with E-state index in [4.69, 9.17) is 0 Å². The smallest absolute Gasteiger partial charge is 0.192 e. The quantitative estimate of drug-likeness (QED) is 0.332. The Kier molecular flexibility index (Phi) is 7.45. The van der Waals surface area contributed by atoms with E-state index in [0.717, 1.165) is 39.0 Å². The first-order chi connectivity index (χ1) is 17.3. The molecule has 4 heteroatoms. The summed E-state index contributed by atoms with van der Waals surface area (Å²) in [5, 5.41) is 3.52. The highest BCUT2D eigenvalue weighted by Crippen LogP contribution is 2.37. The molecule has 3 aliphatic rings. The number of hydrogen-bond donors (Lipinski definition) is 1. The third kappa shape index (κ3) is 4.61. The zero-order valence-corrected chi connectivity index (χ0v) is 21.8. The summed E-state index contributed by atoms with van der Waals surface area (Å²) >= 11 is 0. The number of hydrogen-bond acceptors (Lipinski definition) is 1. The summed E-state index contributed by atoms with van der Waals surface area (Å²) in [5.41, 5.74) is 16.5. The number of benzene rings is 1. The van der Waals surface area contributed by atoms with E-state index in [1.807, 2.05) is 24.3 Å². The SMILES string of the molecule is C=CC1=C(C)C(C=C)=C(/C=C(\C)N/C(C=C)=C/C2=C(C=C)C(C)=C(C3=C(C)c4ccccc4[B]3)[B]2)[B]1. The Morgan fingerprint density at radius 3 is 2.00 bits per heavy atom.